The van der Waals surface area contributed by atoms with E-state index >= 15 is 0 Å². The minimum Gasteiger partial charge on any atom is -0.476 e. The summed E-state index contributed by atoms with van der Waals surface area (Å²) < 4.78 is 0. The van der Waals surface area contributed by atoms with Gasteiger partial charge in [-0.25, -0.2) is 9.78 Å². The maximum atomic E-state index is 11.0. The third-order valence-electron chi connectivity index (χ3n) is 2.22. The van der Waals surface area contributed by atoms with Gasteiger partial charge in [0.2, 0.25) is 5.71 Å². The molecule has 1 aromatic rings. The van der Waals surface area contributed by atoms with Crippen molar-refractivity contribution in [2.75, 3.05) is 5.73 Å². The molecule has 1 aromatic heterocycles. The first-order valence-corrected chi connectivity index (χ1v) is 5.90. The molecule has 1 aliphatic carbocycles. The van der Waals surface area contributed by atoms with Crippen molar-refractivity contribution in [3.05, 3.63) is 23.2 Å². The smallest absolute Gasteiger partial charge is 0.360 e. The molecule has 7 heteroatoms. The Morgan fingerprint density at radius 3 is 3.06 bits per heavy atom. The van der Waals surface area contributed by atoms with Crippen LogP contribution in [0.15, 0.2) is 22.7 Å². The molecule has 3 N–H and O–H groups in total. The Morgan fingerprint density at radius 2 is 2.53 bits per heavy atom. The van der Waals surface area contributed by atoms with Crippen LogP contribution in [0.3, 0.4) is 0 Å². The second kappa shape index (κ2) is 4.96. The maximum Gasteiger partial charge on any atom is 0.360 e. The normalized spacial score (nSPS) is 19.5. The van der Waals surface area contributed by atoms with Gasteiger partial charge in [-0.1, -0.05) is 11.2 Å². The molecule has 2 rings (SSSR count). The van der Waals surface area contributed by atoms with Crippen LogP contribution in [-0.2, 0) is 9.63 Å². The molecule has 0 saturated heterocycles. The second-order valence-corrected chi connectivity index (χ2v) is 4.36. The number of hydrogen-bond acceptors (Lipinski definition) is 6. The van der Waals surface area contributed by atoms with Gasteiger partial charge in [0.15, 0.2) is 5.13 Å². The largest absolute Gasteiger partial charge is 0.476 e. The highest BCUT2D eigenvalue weighted by Gasteiger charge is 2.18. The minimum atomic E-state index is -1.18. The summed E-state index contributed by atoms with van der Waals surface area (Å²) in [6, 6.07) is 0. The van der Waals surface area contributed by atoms with Crippen molar-refractivity contribution < 1.29 is 14.7 Å². The number of oxime groups is 1. The van der Waals surface area contributed by atoms with E-state index in [1.54, 1.807) is 0 Å². The van der Waals surface area contributed by atoms with E-state index in [0.29, 0.717) is 5.13 Å². The minimum absolute atomic E-state index is 0.152. The molecular weight excluding hydrogens is 242 g/mol. The van der Waals surface area contributed by atoms with Gasteiger partial charge in [-0.3, -0.25) is 0 Å². The molecule has 0 fully saturated rings. The molecule has 0 aromatic carbocycles. The van der Waals surface area contributed by atoms with E-state index in [1.165, 1.54) is 5.38 Å². The number of carboxylic acids is 1. The Balaban J connectivity index is 2.14. The number of carbonyl (C=O) groups is 1. The van der Waals surface area contributed by atoms with E-state index in [9.17, 15) is 4.79 Å². The first kappa shape index (κ1) is 11.6. The molecular formula is C10H11N3O3S. The zero-order valence-electron chi connectivity index (χ0n) is 8.87. The van der Waals surface area contributed by atoms with E-state index in [1.807, 2.05) is 12.2 Å². The maximum absolute atomic E-state index is 11.0. The molecule has 1 aliphatic rings. The number of hydrogen-bond donors (Lipinski definition) is 2. The molecule has 0 amide bonds. The third kappa shape index (κ3) is 2.82. The van der Waals surface area contributed by atoms with Crippen LogP contribution in [0.1, 0.15) is 18.5 Å². The summed E-state index contributed by atoms with van der Waals surface area (Å²) >= 11 is 1.16. The number of thiazole rings is 1. The Hall–Kier alpha value is -1.89. The van der Waals surface area contributed by atoms with E-state index in [0.717, 1.165) is 24.2 Å². The molecule has 17 heavy (non-hydrogen) atoms. The zero-order valence-corrected chi connectivity index (χ0v) is 9.68. The summed E-state index contributed by atoms with van der Waals surface area (Å²) in [4.78, 5) is 20.0. The van der Waals surface area contributed by atoms with Crippen LogP contribution in [0.2, 0.25) is 0 Å². The number of nitrogens with zero attached hydrogens (tertiary/aromatic N) is 2. The molecule has 1 atom stereocenters. The number of nitrogen functional groups attached to an aromatic ring is 1. The number of aliphatic carboxylic acids is 1. The van der Waals surface area contributed by atoms with Crippen molar-refractivity contribution in [2.24, 2.45) is 5.16 Å². The second-order valence-electron chi connectivity index (χ2n) is 3.47. The van der Waals surface area contributed by atoms with Gasteiger partial charge in [-0.05, 0) is 18.9 Å². The Bertz CT molecular complexity index is 481. The predicted molar refractivity (Wildman–Crippen MR) is 63.9 cm³/mol. The highest BCUT2D eigenvalue weighted by molar-refractivity contribution is 7.13. The number of rotatable bonds is 4. The molecule has 90 valence electrons. The van der Waals surface area contributed by atoms with Crippen molar-refractivity contribution in [3.63, 3.8) is 0 Å². The fourth-order valence-corrected chi connectivity index (χ4v) is 1.95. The first-order chi connectivity index (χ1) is 8.16. The van der Waals surface area contributed by atoms with Crippen LogP contribution in [0.4, 0.5) is 5.13 Å². The lowest BCUT2D eigenvalue weighted by atomic mass is 10.3. The Morgan fingerprint density at radius 1 is 1.71 bits per heavy atom. The van der Waals surface area contributed by atoms with Crippen LogP contribution in [0, 0.1) is 0 Å². The van der Waals surface area contributed by atoms with Crippen molar-refractivity contribution in [1.82, 2.24) is 4.98 Å². The number of carboxylic acid groups (broad SMARTS) is 1. The monoisotopic (exact) mass is 253 g/mol. The molecule has 0 radical (unpaired) electrons. The third-order valence-corrected chi connectivity index (χ3v) is 2.89. The van der Waals surface area contributed by atoms with Gasteiger partial charge in [-0.2, -0.15) is 0 Å². The summed E-state index contributed by atoms with van der Waals surface area (Å²) in [6.45, 7) is 0. The first-order valence-electron chi connectivity index (χ1n) is 5.02. The molecule has 1 unspecified atom stereocenters. The molecule has 0 spiro atoms. The fourth-order valence-electron chi connectivity index (χ4n) is 1.40. The molecule has 0 bridgehead atoms. The highest BCUT2D eigenvalue weighted by atomic mass is 32.1. The molecule has 0 aliphatic heterocycles. The summed E-state index contributed by atoms with van der Waals surface area (Å²) in [7, 11) is 0. The average molecular weight is 253 g/mol. The van der Waals surface area contributed by atoms with Crippen LogP contribution >= 0.6 is 11.3 Å². The van der Waals surface area contributed by atoms with Crippen molar-refractivity contribution in [1.29, 1.82) is 0 Å². The Labute approximate surface area is 101 Å². The van der Waals surface area contributed by atoms with Crippen molar-refractivity contribution in [2.45, 2.75) is 18.9 Å². The molecule has 6 nitrogen and oxygen atoms in total. The Kier molecular flexibility index (Phi) is 3.38. The van der Waals surface area contributed by atoms with Gasteiger partial charge in [0.1, 0.15) is 11.8 Å². The summed E-state index contributed by atoms with van der Waals surface area (Å²) in [5, 5.41) is 14.5. The molecule has 0 saturated carbocycles. The highest BCUT2D eigenvalue weighted by Crippen LogP contribution is 2.15. The fraction of sp³-hybridized carbons (Fsp3) is 0.300. The van der Waals surface area contributed by atoms with Crippen LogP contribution in [0.5, 0.6) is 0 Å². The van der Waals surface area contributed by atoms with E-state index in [-0.39, 0.29) is 17.5 Å². The number of allylic oxidation sites excluding steroid dienone is 1. The number of nitrogens with two attached hydrogens (primary N) is 1. The van der Waals surface area contributed by atoms with Gasteiger partial charge in [-0.15, -0.1) is 11.3 Å². The average Bonchev–Trinajstić information content (AvgIpc) is 2.90. The van der Waals surface area contributed by atoms with Gasteiger partial charge < -0.3 is 15.7 Å². The van der Waals surface area contributed by atoms with Crippen molar-refractivity contribution in [3.8, 4) is 0 Å². The number of anilines is 1. The summed E-state index contributed by atoms with van der Waals surface area (Å²) in [5.74, 6) is -1.18. The predicted octanol–water partition coefficient (Wildman–Crippen LogP) is 1.25. The standard InChI is InChI=1S/C10H11N3O3S/c11-10-12-7(5-17-10)8(9(14)15)13-16-6-3-1-2-4-6/h1,3,5-6H,2,4H2,(H2,11,12)(H,14,15). The van der Waals surface area contributed by atoms with E-state index in [4.69, 9.17) is 15.7 Å². The summed E-state index contributed by atoms with van der Waals surface area (Å²) in [6.07, 6.45) is 5.42. The van der Waals surface area contributed by atoms with Crippen LogP contribution in [-0.4, -0.2) is 27.9 Å². The van der Waals surface area contributed by atoms with E-state index in [2.05, 4.69) is 10.1 Å². The topological polar surface area (TPSA) is 97.8 Å². The summed E-state index contributed by atoms with van der Waals surface area (Å²) in [5.41, 5.74) is 5.44. The lowest BCUT2D eigenvalue weighted by molar-refractivity contribution is -0.129. The van der Waals surface area contributed by atoms with Gasteiger partial charge in [0.05, 0.1) is 0 Å². The zero-order chi connectivity index (χ0) is 12.3. The number of aromatic nitrogens is 1. The van der Waals surface area contributed by atoms with Crippen LogP contribution < -0.4 is 5.73 Å². The van der Waals surface area contributed by atoms with Crippen LogP contribution in [0.25, 0.3) is 0 Å². The van der Waals surface area contributed by atoms with Gasteiger partial charge in [0, 0.05) is 5.38 Å². The SMILES string of the molecule is Nc1nc(C(=NOC2C=CCC2)C(=O)O)cs1. The van der Waals surface area contributed by atoms with Gasteiger partial charge in [0.25, 0.3) is 0 Å². The quantitative estimate of drug-likeness (QED) is 0.478. The molecule has 1 heterocycles. The van der Waals surface area contributed by atoms with Crippen molar-refractivity contribution >= 4 is 28.1 Å². The van der Waals surface area contributed by atoms with Gasteiger partial charge >= 0.3 is 5.97 Å². The lowest BCUT2D eigenvalue weighted by Gasteiger charge is -2.05. The van der Waals surface area contributed by atoms with E-state index < -0.39 is 5.97 Å². The lowest BCUT2D eigenvalue weighted by Crippen LogP contribution is -2.17.